The second-order valence-corrected chi connectivity index (χ2v) is 8.53. The zero-order valence-corrected chi connectivity index (χ0v) is 15.0. The molecule has 1 aliphatic heterocycles. The Balaban J connectivity index is 1.59. The number of hydrogen-bond donors (Lipinski definition) is 1. The molecule has 0 bridgehead atoms. The fraction of sp³-hybridized carbons (Fsp3) is 0.611. The number of halogens is 1. The minimum absolute atomic E-state index is 0.0755. The first-order valence-corrected chi connectivity index (χ1v) is 8.96. The van der Waals surface area contributed by atoms with E-state index in [4.69, 9.17) is 5.73 Å². The smallest absolute Gasteiger partial charge is 0.230 e. The number of carbonyl (C=O) groups excluding carboxylic acids is 1. The predicted octanol–water partition coefficient (Wildman–Crippen LogP) is 3.31. The number of benzene rings is 1. The summed E-state index contributed by atoms with van der Waals surface area (Å²) in [4.78, 5) is 14.8. The number of carbonyl (C=O) groups is 1. The molecular formula is C18H25BrN2O. The largest absolute Gasteiger partial charge is 0.341 e. The average Bonchev–Trinajstić information content (AvgIpc) is 2.84. The van der Waals surface area contributed by atoms with Crippen molar-refractivity contribution in [2.45, 2.75) is 39.0 Å². The van der Waals surface area contributed by atoms with Gasteiger partial charge in [0.05, 0.1) is 5.92 Å². The lowest BCUT2D eigenvalue weighted by Gasteiger charge is -2.43. The zero-order chi connectivity index (χ0) is 15.9. The Bertz CT molecular complexity index is 578. The van der Waals surface area contributed by atoms with E-state index in [9.17, 15) is 4.79 Å². The van der Waals surface area contributed by atoms with Gasteiger partial charge >= 0.3 is 0 Å². The number of nitrogens with zero attached hydrogens (tertiary/aromatic N) is 1. The minimum atomic E-state index is 0.0755. The van der Waals surface area contributed by atoms with E-state index in [2.05, 4.69) is 41.9 Å². The molecule has 3 rings (SSSR count). The van der Waals surface area contributed by atoms with Crippen molar-refractivity contribution in [1.82, 2.24) is 4.90 Å². The Morgan fingerprint density at radius 1 is 1.41 bits per heavy atom. The maximum atomic E-state index is 12.7. The highest BCUT2D eigenvalue weighted by molar-refractivity contribution is 9.10. The van der Waals surface area contributed by atoms with Crippen molar-refractivity contribution in [3.8, 4) is 0 Å². The maximum absolute atomic E-state index is 12.7. The summed E-state index contributed by atoms with van der Waals surface area (Å²) in [5, 5.41) is 0. The molecule has 0 saturated carbocycles. The number of amides is 1. The van der Waals surface area contributed by atoms with E-state index >= 15 is 0 Å². The Labute approximate surface area is 141 Å². The Kier molecular flexibility index (Phi) is 4.34. The van der Waals surface area contributed by atoms with Gasteiger partial charge in [0.25, 0.3) is 0 Å². The first kappa shape index (κ1) is 16.0. The molecule has 1 saturated heterocycles. The molecule has 2 N–H and O–H groups in total. The number of fused-ring (bicyclic) bond motifs is 1. The monoisotopic (exact) mass is 364 g/mol. The number of likely N-dealkylation sites (tertiary alicyclic amines) is 1. The molecule has 3 nitrogen and oxygen atoms in total. The van der Waals surface area contributed by atoms with Crippen LogP contribution in [0.4, 0.5) is 0 Å². The van der Waals surface area contributed by atoms with Gasteiger partial charge in [-0.2, -0.15) is 0 Å². The molecule has 22 heavy (non-hydrogen) atoms. The lowest BCUT2D eigenvalue weighted by Crippen LogP contribution is -2.52. The van der Waals surface area contributed by atoms with Crippen molar-refractivity contribution < 1.29 is 4.79 Å². The molecule has 1 atom stereocenters. The number of rotatable bonds is 4. The van der Waals surface area contributed by atoms with Crippen LogP contribution in [0.2, 0.25) is 0 Å². The summed E-state index contributed by atoms with van der Waals surface area (Å²) >= 11 is 3.51. The van der Waals surface area contributed by atoms with Crippen LogP contribution in [-0.2, 0) is 11.2 Å². The molecule has 1 aliphatic carbocycles. The van der Waals surface area contributed by atoms with Crippen LogP contribution in [0, 0.1) is 11.3 Å². The average molecular weight is 365 g/mol. The van der Waals surface area contributed by atoms with E-state index in [1.165, 1.54) is 11.1 Å². The quantitative estimate of drug-likeness (QED) is 0.890. The SMILES string of the molecule is CC(C)(CN)CC1CN(C(=O)C2CCc3cc(Br)ccc32)C1. The van der Waals surface area contributed by atoms with Gasteiger partial charge in [-0.1, -0.05) is 35.8 Å². The van der Waals surface area contributed by atoms with Crippen LogP contribution in [0.15, 0.2) is 22.7 Å². The standard InChI is InChI=1S/C18H25BrN2O/c1-18(2,11-20)8-12-9-21(10-12)17(22)16-5-3-13-7-14(19)4-6-15(13)16/h4,6-7,12,16H,3,5,8-11,20H2,1-2H3. The van der Waals surface area contributed by atoms with E-state index < -0.39 is 0 Å². The number of nitrogens with two attached hydrogens (primary N) is 1. The van der Waals surface area contributed by atoms with Crippen LogP contribution in [-0.4, -0.2) is 30.4 Å². The van der Waals surface area contributed by atoms with Gasteiger partial charge in [-0.25, -0.2) is 0 Å². The molecule has 1 unspecified atom stereocenters. The topological polar surface area (TPSA) is 46.3 Å². The summed E-state index contributed by atoms with van der Waals surface area (Å²) in [5.41, 5.74) is 8.56. The fourth-order valence-corrected chi connectivity index (χ4v) is 4.22. The second-order valence-electron chi connectivity index (χ2n) is 7.62. The van der Waals surface area contributed by atoms with E-state index in [-0.39, 0.29) is 11.3 Å². The van der Waals surface area contributed by atoms with Crippen LogP contribution in [0.25, 0.3) is 0 Å². The van der Waals surface area contributed by atoms with Crippen LogP contribution in [0.5, 0.6) is 0 Å². The van der Waals surface area contributed by atoms with E-state index in [1.807, 2.05) is 11.0 Å². The lowest BCUT2D eigenvalue weighted by atomic mass is 9.79. The third-order valence-corrected chi connectivity index (χ3v) is 5.64. The van der Waals surface area contributed by atoms with Crippen molar-refractivity contribution >= 4 is 21.8 Å². The van der Waals surface area contributed by atoms with Gasteiger partial charge in [-0.05, 0) is 60.4 Å². The van der Waals surface area contributed by atoms with Crippen LogP contribution >= 0.6 is 15.9 Å². The van der Waals surface area contributed by atoms with Crippen LogP contribution in [0.1, 0.15) is 43.7 Å². The summed E-state index contributed by atoms with van der Waals surface area (Å²) in [7, 11) is 0. The number of aryl methyl sites for hydroxylation is 1. The summed E-state index contributed by atoms with van der Waals surface area (Å²) < 4.78 is 1.10. The van der Waals surface area contributed by atoms with Gasteiger partial charge in [-0.15, -0.1) is 0 Å². The van der Waals surface area contributed by atoms with Crippen molar-refractivity contribution in [3.63, 3.8) is 0 Å². The zero-order valence-electron chi connectivity index (χ0n) is 13.4. The van der Waals surface area contributed by atoms with Gasteiger partial charge in [0.2, 0.25) is 5.91 Å². The van der Waals surface area contributed by atoms with E-state index in [0.717, 1.165) is 36.8 Å². The lowest BCUT2D eigenvalue weighted by molar-refractivity contribution is -0.139. The molecule has 4 heteroatoms. The number of hydrogen-bond acceptors (Lipinski definition) is 2. The predicted molar refractivity (Wildman–Crippen MR) is 92.7 cm³/mol. The molecular weight excluding hydrogens is 340 g/mol. The first-order valence-electron chi connectivity index (χ1n) is 8.17. The van der Waals surface area contributed by atoms with Gasteiger partial charge < -0.3 is 10.6 Å². The third kappa shape index (κ3) is 3.09. The minimum Gasteiger partial charge on any atom is -0.341 e. The molecule has 2 aliphatic rings. The van der Waals surface area contributed by atoms with E-state index in [1.54, 1.807) is 0 Å². The highest BCUT2D eigenvalue weighted by Crippen LogP contribution is 2.38. The van der Waals surface area contributed by atoms with Crippen LogP contribution < -0.4 is 5.73 Å². The maximum Gasteiger partial charge on any atom is 0.230 e. The summed E-state index contributed by atoms with van der Waals surface area (Å²) in [5.74, 6) is 1.02. The fourth-order valence-electron chi connectivity index (χ4n) is 3.81. The van der Waals surface area contributed by atoms with Crippen molar-refractivity contribution in [3.05, 3.63) is 33.8 Å². The molecule has 1 aromatic carbocycles. The van der Waals surface area contributed by atoms with Crippen molar-refractivity contribution in [2.24, 2.45) is 17.1 Å². The molecule has 1 heterocycles. The molecule has 120 valence electrons. The summed E-state index contributed by atoms with van der Waals surface area (Å²) in [6.07, 6.45) is 3.09. The first-order chi connectivity index (χ1) is 10.4. The molecule has 0 spiro atoms. The Hall–Kier alpha value is -0.870. The van der Waals surface area contributed by atoms with Gasteiger partial charge in [0, 0.05) is 17.6 Å². The van der Waals surface area contributed by atoms with Gasteiger partial charge in [-0.3, -0.25) is 4.79 Å². The van der Waals surface area contributed by atoms with Gasteiger partial charge in [0.15, 0.2) is 0 Å². The van der Waals surface area contributed by atoms with Crippen LogP contribution in [0.3, 0.4) is 0 Å². The highest BCUT2D eigenvalue weighted by atomic mass is 79.9. The molecule has 1 amide bonds. The Morgan fingerprint density at radius 2 is 2.14 bits per heavy atom. The summed E-state index contributed by atoms with van der Waals surface area (Å²) in [6.45, 7) is 6.95. The molecule has 0 aromatic heterocycles. The van der Waals surface area contributed by atoms with Crippen molar-refractivity contribution in [1.29, 1.82) is 0 Å². The Morgan fingerprint density at radius 3 is 2.82 bits per heavy atom. The summed E-state index contributed by atoms with van der Waals surface area (Å²) in [6, 6.07) is 6.32. The van der Waals surface area contributed by atoms with Crippen molar-refractivity contribution in [2.75, 3.05) is 19.6 Å². The third-order valence-electron chi connectivity index (χ3n) is 5.14. The van der Waals surface area contributed by atoms with E-state index in [0.29, 0.717) is 18.4 Å². The molecule has 0 radical (unpaired) electrons. The second kappa shape index (κ2) is 5.97. The normalized spacial score (nSPS) is 21.6. The highest BCUT2D eigenvalue weighted by Gasteiger charge is 2.39. The molecule has 1 fully saturated rings. The van der Waals surface area contributed by atoms with Gasteiger partial charge in [0.1, 0.15) is 0 Å². The molecule has 1 aromatic rings.